The van der Waals surface area contributed by atoms with Crippen molar-refractivity contribution in [2.24, 2.45) is 0 Å². The molecule has 9 heteroatoms. The van der Waals surface area contributed by atoms with Gasteiger partial charge in [0.25, 0.3) is 11.7 Å². The zero-order chi connectivity index (χ0) is 27.2. The molecule has 38 heavy (non-hydrogen) atoms. The SMILES string of the molecule is CCOc1ccc(C(O)=C2C(=O)C(=O)N(CCCN3CCOCC3)C2c2ccc(OC)c(OC)c2)c(C)c1. The standard InChI is InChI=1S/C29H36N2O7/c1-5-38-21-8-9-22(19(2)17-21)27(32)25-26(20-7-10-23(35-3)24(18-20)36-4)31(29(34)28(25)33)12-6-11-30-13-15-37-16-14-30/h7-10,17-18,26,32H,5-6,11-16H2,1-4H3. The van der Waals surface area contributed by atoms with E-state index in [9.17, 15) is 14.7 Å². The third kappa shape index (κ3) is 5.63. The van der Waals surface area contributed by atoms with Crippen LogP contribution in [-0.4, -0.2) is 86.8 Å². The molecule has 2 heterocycles. The van der Waals surface area contributed by atoms with Gasteiger partial charge in [0.1, 0.15) is 11.5 Å². The van der Waals surface area contributed by atoms with Crippen LogP contribution in [0.2, 0.25) is 0 Å². The lowest BCUT2D eigenvalue weighted by atomic mass is 9.93. The van der Waals surface area contributed by atoms with E-state index >= 15 is 0 Å². The van der Waals surface area contributed by atoms with Gasteiger partial charge in [0.2, 0.25) is 0 Å². The molecule has 1 N–H and O–H groups in total. The Kier molecular flexibility index (Phi) is 8.91. The fraction of sp³-hybridized carbons (Fsp3) is 0.448. The normalized spacial score (nSPS) is 19.6. The van der Waals surface area contributed by atoms with Crippen molar-refractivity contribution in [1.29, 1.82) is 0 Å². The minimum absolute atomic E-state index is 0.0563. The number of ketones is 1. The number of Topliss-reactive ketones (excluding diaryl/α,β-unsaturated/α-hetero) is 1. The molecular formula is C29H36N2O7. The number of benzene rings is 2. The number of likely N-dealkylation sites (tertiary alicyclic amines) is 1. The van der Waals surface area contributed by atoms with Gasteiger partial charge in [-0.25, -0.2) is 0 Å². The van der Waals surface area contributed by atoms with Crippen LogP contribution in [0.1, 0.15) is 36.1 Å². The van der Waals surface area contributed by atoms with Crippen LogP contribution in [-0.2, 0) is 14.3 Å². The van der Waals surface area contributed by atoms with Crippen LogP contribution >= 0.6 is 0 Å². The number of rotatable bonds is 10. The predicted molar refractivity (Wildman–Crippen MR) is 143 cm³/mol. The van der Waals surface area contributed by atoms with Gasteiger partial charge in [0, 0.05) is 31.7 Å². The molecule has 0 spiro atoms. The molecule has 0 radical (unpaired) electrons. The molecule has 2 aliphatic rings. The van der Waals surface area contributed by atoms with E-state index in [1.54, 1.807) is 42.3 Å². The van der Waals surface area contributed by atoms with Crippen molar-refractivity contribution in [3.63, 3.8) is 0 Å². The number of morpholine rings is 1. The zero-order valence-electron chi connectivity index (χ0n) is 22.5. The van der Waals surface area contributed by atoms with Gasteiger partial charge < -0.3 is 29.0 Å². The number of amides is 1. The highest BCUT2D eigenvalue weighted by Crippen LogP contribution is 2.42. The van der Waals surface area contributed by atoms with Crippen molar-refractivity contribution in [2.45, 2.75) is 26.3 Å². The van der Waals surface area contributed by atoms with Gasteiger partial charge in [-0.2, -0.15) is 0 Å². The van der Waals surface area contributed by atoms with Crippen LogP contribution in [0, 0.1) is 6.92 Å². The summed E-state index contributed by atoms with van der Waals surface area (Å²) in [5, 5.41) is 11.5. The molecule has 9 nitrogen and oxygen atoms in total. The molecule has 2 aromatic rings. The van der Waals surface area contributed by atoms with Crippen LogP contribution in [0.5, 0.6) is 17.2 Å². The summed E-state index contributed by atoms with van der Waals surface area (Å²) >= 11 is 0. The Morgan fingerprint density at radius 2 is 1.76 bits per heavy atom. The molecule has 2 saturated heterocycles. The first-order chi connectivity index (χ1) is 18.4. The Hall–Kier alpha value is -3.56. The summed E-state index contributed by atoms with van der Waals surface area (Å²) in [6.45, 7) is 8.45. The molecule has 4 rings (SSSR count). The highest BCUT2D eigenvalue weighted by molar-refractivity contribution is 6.46. The van der Waals surface area contributed by atoms with E-state index in [0.717, 1.165) is 25.2 Å². The number of nitrogens with zero attached hydrogens (tertiary/aromatic N) is 2. The molecule has 2 aromatic carbocycles. The van der Waals surface area contributed by atoms with E-state index in [1.807, 2.05) is 19.9 Å². The van der Waals surface area contributed by atoms with Crippen molar-refractivity contribution in [3.8, 4) is 17.2 Å². The first-order valence-electron chi connectivity index (χ1n) is 12.9. The monoisotopic (exact) mass is 524 g/mol. The lowest BCUT2D eigenvalue weighted by Crippen LogP contribution is -2.39. The number of aliphatic hydroxyl groups is 1. The van der Waals surface area contributed by atoms with Gasteiger partial charge in [-0.1, -0.05) is 6.07 Å². The maximum atomic E-state index is 13.4. The summed E-state index contributed by atoms with van der Waals surface area (Å²) < 4.78 is 21.9. The van der Waals surface area contributed by atoms with E-state index in [4.69, 9.17) is 18.9 Å². The molecule has 0 aromatic heterocycles. The molecule has 0 bridgehead atoms. The van der Waals surface area contributed by atoms with E-state index in [0.29, 0.717) is 61.2 Å². The third-order valence-electron chi connectivity index (χ3n) is 7.00. The minimum Gasteiger partial charge on any atom is -0.507 e. The maximum absolute atomic E-state index is 13.4. The first-order valence-corrected chi connectivity index (χ1v) is 12.9. The summed E-state index contributed by atoms with van der Waals surface area (Å²) in [7, 11) is 3.08. The molecule has 2 aliphatic heterocycles. The number of aliphatic hydroxyl groups excluding tert-OH is 1. The maximum Gasteiger partial charge on any atom is 0.295 e. The van der Waals surface area contributed by atoms with Crippen molar-refractivity contribution >= 4 is 17.4 Å². The van der Waals surface area contributed by atoms with E-state index in [1.165, 1.54) is 7.11 Å². The summed E-state index contributed by atoms with van der Waals surface area (Å²) in [5.41, 5.74) is 1.92. The lowest BCUT2D eigenvalue weighted by Gasteiger charge is -2.29. The number of hydrogen-bond acceptors (Lipinski definition) is 8. The number of carbonyl (C=O) groups is 2. The highest BCUT2D eigenvalue weighted by Gasteiger charge is 2.46. The lowest BCUT2D eigenvalue weighted by molar-refractivity contribution is -0.140. The Balaban J connectivity index is 1.74. The average molecular weight is 525 g/mol. The molecule has 204 valence electrons. The fourth-order valence-electron chi connectivity index (χ4n) is 5.07. The predicted octanol–water partition coefficient (Wildman–Crippen LogP) is 3.55. The smallest absolute Gasteiger partial charge is 0.295 e. The quantitative estimate of drug-likeness (QED) is 0.286. The Labute approximate surface area is 223 Å². The van der Waals surface area contributed by atoms with Gasteiger partial charge >= 0.3 is 0 Å². The average Bonchev–Trinajstić information content (AvgIpc) is 3.18. The summed E-state index contributed by atoms with van der Waals surface area (Å²) in [5.74, 6) is 0.129. The van der Waals surface area contributed by atoms with Gasteiger partial charge in [-0.15, -0.1) is 0 Å². The number of methoxy groups -OCH3 is 2. The Morgan fingerprint density at radius 1 is 1.03 bits per heavy atom. The van der Waals surface area contributed by atoms with Gasteiger partial charge in [-0.3, -0.25) is 14.5 Å². The second-order valence-electron chi connectivity index (χ2n) is 9.32. The summed E-state index contributed by atoms with van der Waals surface area (Å²) in [4.78, 5) is 30.6. The molecule has 0 saturated carbocycles. The first kappa shape index (κ1) is 27.5. The van der Waals surface area contributed by atoms with Gasteiger partial charge in [0.05, 0.1) is 45.7 Å². The minimum atomic E-state index is -0.773. The highest BCUT2D eigenvalue weighted by atomic mass is 16.5. The zero-order valence-corrected chi connectivity index (χ0v) is 22.5. The van der Waals surface area contributed by atoms with Crippen LogP contribution in [0.3, 0.4) is 0 Å². The third-order valence-corrected chi connectivity index (χ3v) is 7.00. The van der Waals surface area contributed by atoms with Crippen LogP contribution < -0.4 is 14.2 Å². The number of aryl methyl sites for hydroxylation is 1. The van der Waals surface area contributed by atoms with Gasteiger partial charge in [-0.05, 0) is 61.7 Å². The largest absolute Gasteiger partial charge is 0.507 e. The van der Waals surface area contributed by atoms with E-state index in [-0.39, 0.29) is 11.3 Å². The second kappa shape index (κ2) is 12.3. The summed E-state index contributed by atoms with van der Waals surface area (Å²) in [6, 6.07) is 9.79. The van der Waals surface area contributed by atoms with E-state index < -0.39 is 17.7 Å². The van der Waals surface area contributed by atoms with Crippen LogP contribution in [0.25, 0.3) is 5.76 Å². The van der Waals surface area contributed by atoms with Crippen molar-refractivity contribution in [3.05, 3.63) is 58.7 Å². The number of hydrogen-bond donors (Lipinski definition) is 1. The number of ether oxygens (including phenoxy) is 4. The summed E-state index contributed by atoms with van der Waals surface area (Å²) in [6.07, 6.45) is 0.679. The van der Waals surface area contributed by atoms with Crippen LogP contribution in [0.4, 0.5) is 0 Å². The Morgan fingerprint density at radius 3 is 2.42 bits per heavy atom. The van der Waals surface area contributed by atoms with Crippen molar-refractivity contribution < 1.29 is 33.6 Å². The molecule has 1 atom stereocenters. The van der Waals surface area contributed by atoms with Crippen molar-refractivity contribution in [2.75, 3.05) is 60.2 Å². The molecule has 0 aliphatic carbocycles. The van der Waals surface area contributed by atoms with E-state index in [2.05, 4.69) is 4.90 Å². The van der Waals surface area contributed by atoms with Gasteiger partial charge in [0.15, 0.2) is 11.5 Å². The molecule has 1 unspecified atom stereocenters. The van der Waals surface area contributed by atoms with Crippen LogP contribution in [0.15, 0.2) is 42.0 Å². The topological polar surface area (TPSA) is 97.8 Å². The number of carbonyl (C=O) groups excluding carboxylic acids is 2. The fourth-order valence-corrected chi connectivity index (χ4v) is 5.07. The molecule has 1 amide bonds. The molecule has 2 fully saturated rings. The Bertz CT molecular complexity index is 1200. The molecular weight excluding hydrogens is 488 g/mol. The van der Waals surface area contributed by atoms with Crippen molar-refractivity contribution in [1.82, 2.24) is 9.80 Å². The second-order valence-corrected chi connectivity index (χ2v) is 9.32.